The zero-order chi connectivity index (χ0) is 12.8. The molecule has 0 spiro atoms. The Morgan fingerprint density at radius 2 is 2.24 bits per heavy atom. The standard InChI is InChI=1S/C8H13N5O3S/c9-5(6(14)15)4-3-17-8(13-4)12-2-1-11-7(10)16/h3,5H,1-2,9H2,(H,12,13)(H,14,15)(H3,10,11,16). The van der Waals surface area contributed by atoms with Crippen LogP contribution in [-0.4, -0.2) is 35.2 Å². The van der Waals surface area contributed by atoms with Gasteiger partial charge in [0.2, 0.25) is 0 Å². The zero-order valence-corrected chi connectivity index (χ0v) is 9.66. The van der Waals surface area contributed by atoms with Crippen molar-refractivity contribution in [1.82, 2.24) is 10.3 Å². The van der Waals surface area contributed by atoms with Crippen molar-refractivity contribution in [2.45, 2.75) is 6.04 Å². The predicted molar refractivity (Wildman–Crippen MR) is 62.8 cm³/mol. The van der Waals surface area contributed by atoms with Crippen molar-refractivity contribution in [1.29, 1.82) is 0 Å². The number of aromatic nitrogens is 1. The van der Waals surface area contributed by atoms with E-state index in [0.29, 0.717) is 23.9 Å². The lowest BCUT2D eigenvalue weighted by molar-refractivity contribution is -0.138. The fourth-order valence-corrected chi connectivity index (χ4v) is 1.77. The largest absolute Gasteiger partial charge is 0.480 e. The number of thiazole rings is 1. The van der Waals surface area contributed by atoms with Crippen molar-refractivity contribution in [2.24, 2.45) is 11.5 Å². The van der Waals surface area contributed by atoms with Gasteiger partial charge < -0.3 is 27.2 Å². The summed E-state index contributed by atoms with van der Waals surface area (Å²) < 4.78 is 0. The summed E-state index contributed by atoms with van der Waals surface area (Å²) in [6, 6.07) is -1.72. The molecule has 1 heterocycles. The van der Waals surface area contributed by atoms with Crippen LogP contribution in [-0.2, 0) is 4.79 Å². The maximum atomic E-state index is 10.6. The van der Waals surface area contributed by atoms with E-state index in [2.05, 4.69) is 15.6 Å². The first-order valence-corrected chi connectivity index (χ1v) is 5.59. The molecule has 1 atom stereocenters. The first kappa shape index (κ1) is 13.2. The fourth-order valence-electron chi connectivity index (χ4n) is 0.992. The average Bonchev–Trinajstić information content (AvgIpc) is 2.71. The van der Waals surface area contributed by atoms with Crippen LogP contribution in [0.4, 0.5) is 9.93 Å². The number of amides is 2. The highest BCUT2D eigenvalue weighted by atomic mass is 32.1. The van der Waals surface area contributed by atoms with Crippen LogP contribution in [0.1, 0.15) is 11.7 Å². The molecular weight excluding hydrogens is 246 g/mol. The monoisotopic (exact) mass is 259 g/mol. The Morgan fingerprint density at radius 3 is 2.82 bits per heavy atom. The zero-order valence-electron chi connectivity index (χ0n) is 8.84. The Kier molecular flexibility index (Phi) is 4.67. The van der Waals surface area contributed by atoms with E-state index in [1.165, 1.54) is 11.3 Å². The second kappa shape index (κ2) is 6.01. The molecule has 7 N–H and O–H groups in total. The summed E-state index contributed by atoms with van der Waals surface area (Å²) in [4.78, 5) is 25.0. The van der Waals surface area contributed by atoms with Gasteiger partial charge in [0.05, 0.1) is 5.69 Å². The lowest BCUT2D eigenvalue weighted by atomic mass is 10.2. The van der Waals surface area contributed by atoms with Crippen molar-refractivity contribution in [2.75, 3.05) is 18.4 Å². The normalized spacial score (nSPS) is 11.8. The fraction of sp³-hybridized carbons (Fsp3) is 0.375. The predicted octanol–water partition coefficient (Wildman–Crippen LogP) is -0.692. The van der Waals surface area contributed by atoms with E-state index < -0.39 is 18.0 Å². The minimum atomic E-state index is -1.13. The van der Waals surface area contributed by atoms with E-state index in [1.807, 2.05) is 0 Å². The Labute approximate surface area is 101 Å². The van der Waals surface area contributed by atoms with Gasteiger partial charge in [-0.15, -0.1) is 11.3 Å². The second-order valence-electron chi connectivity index (χ2n) is 3.11. The van der Waals surface area contributed by atoms with E-state index >= 15 is 0 Å². The van der Waals surface area contributed by atoms with Gasteiger partial charge in [-0.25, -0.2) is 9.78 Å². The van der Waals surface area contributed by atoms with Crippen molar-refractivity contribution < 1.29 is 14.7 Å². The van der Waals surface area contributed by atoms with Gasteiger partial charge in [-0.3, -0.25) is 4.79 Å². The van der Waals surface area contributed by atoms with Gasteiger partial charge in [0.1, 0.15) is 6.04 Å². The van der Waals surface area contributed by atoms with Crippen molar-refractivity contribution >= 4 is 28.5 Å². The van der Waals surface area contributed by atoms with Crippen LogP contribution in [0.2, 0.25) is 0 Å². The maximum Gasteiger partial charge on any atom is 0.326 e. The molecule has 0 fully saturated rings. The van der Waals surface area contributed by atoms with Crippen LogP contribution in [0.15, 0.2) is 5.38 Å². The molecule has 2 amide bonds. The molecule has 1 aromatic rings. The van der Waals surface area contributed by atoms with Crippen LogP contribution in [0.3, 0.4) is 0 Å². The number of nitrogens with one attached hydrogen (secondary N) is 2. The van der Waals surface area contributed by atoms with E-state index in [1.54, 1.807) is 5.38 Å². The molecule has 0 aliphatic heterocycles. The molecule has 8 nitrogen and oxygen atoms in total. The molecule has 17 heavy (non-hydrogen) atoms. The number of hydrogen-bond donors (Lipinski definition) is 5. The van der Waals surface area contributed by atoms with Gasteiger partial charge in [-0.05, 0) is 0 Å². The third-order valence-corrected chi connectivity index (χ3v) is 2.63. The molecule has 0 saturated carbocycles. The molecule has 9 heteroatoms. The lowest BCUT2D eigenvalue weighted by Gasteiger charge is -2.03. The van der Waals surface area contributed by atoms with E-state index in [0.717, 1.165) is 0 Å². The van der Waals surface area contributed by atoms with E-state index in [-0.39, 0.29) is 0 Å². The lowest BCUT2D eigenvalue weighted by Crippen LogP contribution is -2.33. The highest BCUT2D eigenvalue weighted by molar-refractivity contribution is 7.13. The summed E-state index contributed by atoms with van der Waals surface area (Å²) in [5.41, 5.74) is 10.6. The van der Waals surface area contributed by atoms with Gasteiger partial charge in [0.15, 0.2) is 5.13 Å². The number of nitrogens with two attached hydrogens (primary N) is 2. The number of carboxylic acid groups (broad SMARTS) is 1. The summed E-state index contributed by atoms with van der Waals surface area (Å²) in [6.45, 7) is 0.799. The quantitative estimate of drug-likeness (QED) is 0.428. The van der Waals surface area contributed by atoms with Crippen LogP contribution in [0.5, 0.6) is 0 Å². The average molecular weight is 259 g/mol. The van der Waals surface area contributed by atoms with Crippen molar-refractivity contribution in [3.63, 3.8) is 0 Å². The van der Waals surface area contributed by atoms with E-state index in [4.69, 9.17) is 16.6 Å². The number of anilines is 1. The summed E-state index contributed by atoms with van der Waals surface area (Å²) in [5.74, 6) is -1.13. The van der Waals surface area contributed by atoms with Crippen LogP contribution in [0.25, 0.3) is 0 Å². The van der Waals surface area contributed by atoms with Gasteiger partial charge in [-0.1, -0.05) is 0 Å². The van der Waals surface area contributed by atoms with Crippen LogP contribution in [0, 0.1) is 0 Å². The van der Waals surface area contributed by atoms with Crippen LogP contribution >= 0.6 is 11.3 Å². The number of carboxylic acids is 1. The van der Waals surface area contributed by atoms with Gasteiger partial charge >= 0.3 is 12.0 Å². The second-order valence-corrected chi connectivity index (χ2v) is 3.97. The Morgan fingerprint density at radius 1 is 1.53 bits per heavy atom. The van der Waals surface area contributed by atoms with Gasteiger partial charge in [0.25, 0.3) is 0 Å². The molecule has 0 aliphatic rings. The number of primary amides is 1. The number of carbonyl (C=O) groups excluding carboxylic acids is 1. The highest BCUT2D eigenvalue weighted by Gasteiger charge is 2.17. The maximum absolute atomic E-state index is 10.6. The third kappa shape index (κ3) is 4.25. The van der Waals surface area contributed by atoms with Gasteiger partial charge in [0, 0.05) is 18.5 Å². The molecule has 0 aromatic carbocycles. The number of aliphatic carboxylic acids is 1. The number of rotatable bonds is 6. The summed E-state index contributed by atoms with van der Waals surface area (Å²) in [5, 5.41) is 16.1. The molecule has 0 bridgehead atoms. The molecule has 94 valence electrons. The summed E-state index contributed by atoms with van der Waals surface area (Å²) in [7, 11) is 0. The smallest absolute Gasteiger partial charge is 0.326 e. The molecule has 0 radical (unpaired) electrons. The molecule has 0 aliphatic carbocycles. The highest BCUT2D eigenvalue weighted by Crippen LogP contribution is 2.19. The summed E-state index contributed by atoms with van der Waals surface area (Å²) in [6.07, 6.45) is 0. The minimum Gasteiger partial charge on any atom is -0.480 e. The molecule has 1 rings (SSSR count). The molecular formula is C8H13N5O3S. The van der Waals surface area contributed by atoms with Crippen molar-refractivity contribution in [3.8, 4) is 0 Å². The van der Waals surface area contributed by atoms with E-state index in [9.17, 15) is 9.59 Å². The van der Waals surface area contributed by atoms with Crippen LogP contribution < -0.4 is 22.1 Å². The molecule has 1 aromatic heterocycles. The minimum absolute atomic E-state index is 0.299. The van der Waals surface area contributed by atoms with Gasteiger partial charge in [-0.2, -0.15) is 0 Å². The number of nitrogens with zero attached hydrogens (tertiary/aromatic N) is 1. The number of urea groups is 1. The third-order valence-electron chi connectivity index (χ3n) is 1.81. The number of carbonyl (C=O) groups is 2. The number of hydrogen-bond acceptors (Lipinski definition) is 6. The Balaban J connectivity index is 2.41. The Bertz CT molecular complexity index is 408. The molecule has 0 saturated heterocycles. The SMILES string of the molecule is NC(=O)NCCNc1nc(C(N)C(=O)O)cs1. The first-order valence-electron chi connectivity index (χ1n) is 4.71. The van der Waals surface area contributed by atoms with Crippen molar-refractivity contribution in [3.05, 3.63) is 11.1 Å². The topological polar surface area (TPSA) is 143 Å². The Hall–Kier alpha value is -1.87. The first-order chi connectivity index (χ1) is 8.00. The molecule has 1 unspecified atom stereocenters. The summed E-state index contributed by atoms with van der Waals surface area (Å²) >= 11 is 1.24.